The van der Waals surface area contributed by atoms with Gasteiger partial charge < -0.3 is 9.73 Å². The van der Waals surface area contributed by atoms with Crippen molar-refractivity contribution in [3.8, 4) is 17.4 Å². The highest BCUT2D eigenvalue weighted by molar-refractivity contribution is 7.09. The summed E-state index contributed by atoms with van der Waals surface area (Å²) >= 11 is 13.7. The zero-order valence-corrected chi connectivity index (χ0v) is 15.7. The Balaban J connectivity index is 1.77. The van der Waals surface area contributed by atoms with Gasteiger partial charge in [-0.2, -0.15) is 5.26 Å². The summed E-state index contributed by atoms with van der Waals surface area (Å²) in [7, 11) is 0. The van der Waals surface area contributed by atoms with Crippen LogP contribution in [0.4, 0.5) is 0 Å². The Bertz CT molecular complexity index is 1000. The molecule has 0 radical (unpaired) electrons. The van der Waals surface area contributed by atoms with Crippen LogP contribution in [0.5, 0.6) is 0 Å². The Morgan fingerprint density at radius 1 is 1.27 bits per heavy atom. The third kappa shape index (κ3) is 4.36. The molecule has 3 rings (SSSR count). The fraction of sp³-hybridized carbons (Fsp3) is 0.0526. The number of hydrogen-bond donors (Lipinski definition) is 1. The van der Waals surface area contributed by atoms with Crippen LogP contribution in [0.25, 0.3) is 17.4 Å². The van der Waals surface area contributed by atoms with Gasteiger partial charge in [-0.25, -0.2) is 0 Å². The van der Waals surface area contributed by atoms with Gasteiger partial charge in [-0.05, 0) is 41.8 Å². The summed E-state index contributed by atoms with van der Waals surface area (Å²) in [5.41, 5.74) is 0.596. The van der Waals surface area contributed by atoms with Gasteiger partial charge >= 0.3 is 0 Å². The highest BCUT2D eigenvalue weighted by Crippen LogP contribution is 2.32. The summed E-state index contributed by atoms with van der Waals surface area (Å²) < 4.78 is 5.69. The molecule has 0 aliphatic rings. The van der Waals surface area contributed by atoms with Crippen molar-refractivity contribution in [2.24, 2.45) is 0 Å². The molecule has 3 aromatic rings. The number of benzene rings is 1. The molecule has 0 atom stereocenters. The lowest BCUT2D eigenvalue weighted by Crippen LogP contribution is -2.23. The minimum absolute atomic E-state index is 0.0420. The summed E-state index contributed by atoms with van der Waals surface area (Å²) in [6, 6.07) is 14.1. The molecular weight excluding hydrogens is 391 g/mol. The van der Waals surface area contributed by atoms with Gasteiger partial charge in [-0.15, -0.1) is 11.3 Å². The molecule has 2 aromatic heterocycles. The maximum atomic E-state index is 12.2. The topological polar surface area (TPSA) is 66.0 Å². The molecule has 0 spiro atoms. The van der Waals surface area contributed by atoms with E-state index in [2.05, 4.69) is 5.32 Å². The monoisotopic (exact) mass is 402 g/mol. The summed E-state index contributed by atoms with van der Waals surface area (Å²) in [5, 5.41) is 14.9. The van der Waals surface area contributed by atoms with Crippen molar-refractivity contribution in [1.82, 2.24) is 5.32 Å². The predicted octanol–water partition coefficient (Wildman–Crippen LogP) is 5.54. The van der Waals surface area contributed by atoms with E-state index in [9.17, 15) is 10.1 Å². The number of halogens is 2. The summed E-state index contributed by atoms with van der Waals surface area (Å²) in [4.78, 5) is 13.2. The van der Waals surface area contributed by atoms with E-state index >= 15 is 0 Å². The number of nitriles is 1. The first-order valence-electron chi connectivity index (χ1n) is 7.54. The molecule has 1 aromatic carbocycles. The zero-order valence-electron chi connectivity index (χ0n) is 13.3. The predicted molar refractivity (Wildman–Crippen MR) is 104 cm³/mol. The number of amides is 1. The summed E-state index contributed by atoms with van der Waals surface area (Å²) in [6.45, 7) is 0.372. The average Bonchev–Trinajstić information content (AvgIpc) is 3.31. The van der Waals surface area contributed by atoms with E-state index in [-0.39, 0.29) is 5.57 Å². The maximum Gasteiger partial charge on any atom is 0.262 e. The Hall–Kier alpha value is -2.52. The van der Waals surface area contributed by atoms with E-state index in [1.807, 2.05) is 23.6 Å². The van der Waals surface area contributed by atoms with Crippen LogP contribution in [-0.2, 0) is 11.3 Å². The van der Waals surface area contributed by atoms with Crippen molar-refractivity contribution in [2.75, 3.05) is 0 Å². The van der Waals surface area contributed by atoms with Gasteiger partial charge in [-0.1, -0.05) is 29.3 Å². The second-order valence-corrected chi connectivity index (χ2v) is 7.13. The molecule has 1 amide bonds. The third-order valence-electron chi connectivity index (χ3n) is 3.48. The number of nitrogens with zero attached hydrogens (tertiary/aromatic N) is 1. The number of nitrogens with one attached hydrogen (secondary N) is 1. The first kappa shape index (κ1) is 18.3. The molecule has 0 saturated carbocycles. The van der Waals surface area contributed by atoms with E-state index in [1.165, 1.54) is 17.4 Å². The molecule has 1 N–H and O–H groups in total. The number of furan rings is 1. The molecule has 2 heterocycles. The first-order chi connectivity index (χ1) is 12.6. The average molecular weight is 403 g/mol. The molecule has 4 nitrogen and oxygen atoms in total. The molecule has 0 unspecified atom stereocenters. The van der Waals surface area contributed by atoms with Crippen LogP contribution in [0.2, 0.25) is 10.0 Å². The molecule has 130 valence electrons. The van der Waals surface area contributed by atoms with E-state index in [0.29, 0.717) is 33.7 Å². The van der Waals surface area contributed by atoms with Crippen LogP contribution < -0.4 is 5.32 Å². The fourth-order valence-corrected chi connectivity index (χ4v) is 3.26. The van der Waals surface area contributed by atoms with Crippen LogP contribution in [0.3, 0.4) is 0 Å². The lowest BCUT2D eigenvalue weighted by molar-refractivity contribution is -0.117. The maximum absolute atomic E-state index is 12.2. The van der Waals surface area contributed by atoms with Crippen molar-refractivity contribution in [2.45, 2.75) is 6.54 Å². The number of rotatable bonds is 5. The normalized spacial score (nSPS) is 11.2. The second-order valence-electron chi connectivity index (χ2n) is 5.26. The lowest BCUT2D eigenvalue weighted by atomic mass is 10.2. The molecule has 0 aliphatic heterocycles. The quantitative estimate of drug-likeness (QED) is 0.449. The van der Waals surface area contributed by atoms with Crippen LogP contribution in [0.15, 0.2) is 57.8 Å². The van der Waals surface area contributed by atoms with Crippen molar-refractivity contribution in [3.63, 3.8) is 0 Å². The number of carbonyl (C=O) groups excluding carboxylic acids is 1. The minimum atomic E-state index is -0.459. The largest absolute Gasteiger partial charge is 0.457 e. The van der Waals surface area contributed by atoms with Crippen molar-refractivity contribution < 1.29 is 9.21 Å². The smallest absolute Gasteiger partial charge is 0.262 e. The van der Waals surface area contributed by atoms with Crippen molar-refractivity contribution in [1.29, 1.82) is 5.26 Å². The van der Waals surface area contributed by atoms with E-state index in [4.69, 9.17) is 27.6 Å². The van der Waals surface area contributed by atoms with Gasteiger partial charge in [0.05, 0.1) is 11.6 Å². The van der Waals surface area contributed by atoms with Gasteiger partial charge in [0.1, 0.15) is 23.2 Å². The Morgan fingerprint density at radius 2 is 2.12 bits per heavy atom. The minimum Gasteiger partial charge on any atom is -0.457 e. The Labute approximate surface area is 164 Å². The number of hydrogen-bond acceptors (Lipinski definition) is 4. The molecule has 0 saturated heterocycles. The summed E-state index contributed by atoms with van der Waals surface area (Å²) in [6.07, 6.45) is 1.39. The molecule has 26 heavy (non-hydrogen) atoms. The molecule has 0 bridgehead atoms. The van der Waals surface area contributed by atoms with Gasteiger partial charge in [0.2, 0.25) is 0 Å². The third-order valence-corrected chi connectivity index (χ3v) is 4.92. The Kier molecular flexibility index (Phi) is 5.79. The van der Waals surface area contributed by atoms with Crippen LogP contribution in [0.1, 0.15) is 10.6 Å². The van der Waals surface area contributed by atoms with E-state index in [0.717, 1.165) is 4.88 Å². The van der Waals surface area contributed by atoms with Gasteiger partial charge in [0.25, 0.3) is 5.91 Å². The number of thiophene rings is 1. The molecule has 0 aliphatic carbocycles. The molecular formula is C19H12Cl2N2O2S. The first-order valence-corrected chi connectivity index (χ1v) is 9.18. The molecule has 7 heteroatoms. The lowest BCUT2D eigenvalue weighted by Gasteiger charge is -2.02. The standard InChI is InChI=1S/C19H12Cl2N2O2S/c20-13-3-5-17(21)16(9-13)18-6-4-14(25-18)8-12(10-22)19(24)23-11-15-2-1-7-26-15/h1-9H,11H2,(H,23,24)/b12-8+. The highest BCUT2D eigenvalue weighted by Gasteiger charge is 2.12. The van der Waals surface area contributed by atoms with E-state index in [1.54, 1.807) is 30.3 Å². The van der Waals surface area contributed by atoms with E-state index < -0.39 is 5.91 Å². The SMILES string of the molecule is N#C/C(=C\c1ccc(-c2cc(Cl)ccc2Cl)o1)C(=O)NCc1cccs1. The number of carbonyl (C=O) groups is 1. The summed E-state index contributed by atoms with van der Waals surface area (Å²) in [5.74, 6) is 0.415. The van der Waals surface area contributed by atoms with Gasteiger partial charge in [-0.3, -0.25) is 4.79 Å². The fourth-order valence-electron chi connectivity index (χ4n) is 2.23. The molecule has 0 fully saturated rings. The van der Waals surface area contributed by atoms with Gasteiger partial charge in [0.15, 0.2) is 0 Å². The zero-order chi connectivity index (χ0) is 18.5. The van der Waals surface area contributed by atoms with Gasteiger partial charge in [0, 0.05) is 21.5 Å². The Morgan fingerprint density at radius 3 is 2.85 bits per heavy atom. The van der Waals surface area contributed by atoms with Crippen molar-refractivity contribution >= 4 is 46.5 Å². The van der Waals surface area contributed by atoms with Crippen LogP contribution in [-0.4, -0.2) is 5.91 Å². The highest BCUT2D eigenvalue weighted by atomic mass is 35.5. The van der Waals surface area contributed by atoms with Crippen LogP contribution >= 0.6 is 34.5 Å². The van der Waals surface area contributed by atoms with Crippen molar-refractivity contribution in [3.05, 3.63) is 74.1 Å². The second kappa shape index (κ2) is 8.24. The van der Waals surface area contributed by atoms with Crippen LogP contribution in [0, 0.1) is 11.3 Å².